The summed E-state index contributed by atoms with van der Waals surface area (Å²) in [6.45, 7) is 1.99. The van der Waals surface area contributed by atoms with Crippen molar-refractivity contribution >= 4 is 17.4 Å². The number of nitrogen functional groups attached to an aromatic ring is 1. The maximum absolute atomic E-state index is 14.2. The quantitative estimate of drug-likeness (QED) is 0.372. The first kappa shape index (κ1) is 21.5. The molecule has 0 saturated heterocycles. The molecule has 0 bridgehead atoms. The van der Waals surface area contributed by atoms with Crippen molar-refractivity contribution in [3.63, 3.8) is 0 Å². The molecule has 0 unspecified atom stereocenters. The van der Waals surface area contributed by atoms with Crippen LogP contribution in [0.15, 0.2) is 59.8 Å². The van der Waals surface area contributed by atoms with Crippen LogP contribution in [-0.2, 0) is 6.54 Å². The first-order chi connectivity index (χ1) is 16.4. The Hall–Kier alpha value is -4.38. The Balaban J connectivity index is 1.49. The molecule has 1 aromatic carbocycles. The van der Waals surface area contributed by atoms with Gasteiger partial charge in [-0.15, -0.1) is 5.10 Å². The van der Waals surface area contributed by atoms with Crippen LogP contribution in [0.1, 0.15) is 11.5 Å². The van der Waals surface area contributed by atoms with Gasteiger partial charge in [-0.05, 0) is 59.3 Å². The number of aromatic nitrogens is 8. The molecular weight excluding hydrogens is 461 g/mol. The predicted molar refractivity (Wildman–Crippen MR) is 124 cm³/mol. The number of nitrogens with two attached hydrogens (primary N) is 1. The molecule has 10 nitrogen and oxygen atoms in total. The van der Waals surface area contributed by atoms with Crippen molar-refractivity contribution in [3.05, 3.63) is 87.8 Å². The predicted octanol–water partition coefficient (Wildman–Crippen LogP) is 3.01. The highest BCUT2D eigenvalue weighted by atomic mass is 35.5. The zero-order valence-electron chi connectivity index (χ0n) is 17.8. The summed E-state index contributed by atoms with van der Waals surface area (Å²) in [5.74, 6) is -0.125. The van der Waals surface area contributed by atoms with Crippen LogP contribution in [0.25, 0.3) is 28.1 Å². The number of nitrogens with zero attached hydrogens (tertiary/aromatic N) is 7. The van der Waals surface area contributed by atoms with E-state index in [4.69, 9.17) is 17.3 Å². The van der Waals surface area contributed by atoms with Crippen LogP contribution in [0.3, 0.4) is 0 Å². The minimum atomic E-state index is -0.701. The molecule has 5 aromatic rings. The van der Waals surface area contributed by atoms with E-state index in [1.54, 1.807) is 22.8 Å². The number of H-pyrrole nitrogens is 1. The summed E-state index contributed by atoms with van der Waals surface area (Å²) in [7, 11) is 0. The fourth-order valence-corrected chi connectivity index (χ4v) is 3.85. The van der Waals surface area contributed by atoms with Gasteiger partial charge in [0.2, 0.25) is 5.95 Å². The molecule has 0 saturated carbocycles. The fourth-order valence-electron chi connectivity index (χ4n) is 3.68. The number of pyridine rings is 2. The van der Waals surface area contributed by atoms with E-state index >= 15 is 0 Å². The second kappa shape index (κ2) is 8.52. The number of benzene rings is 1. The lowest BCUT2D eigenvalue weighted by atomic mass is 10.0. The van der Waals surface area contributed by atoms with Crippen LogP contribution < -0.4 is 11.3 Å². The molecule has 0 radical (unpaired) electrons. The Morgan fingerprint density at radius 2 is 2.00 bits per heavy atom. The number of anilines is 1. The molecule has 0 aliphatic rings. The van der Waals surface area contributed by atoms with Crippen LogP contribution >= 0.6 is 11.6 Å². The Bertz CT molecular complexity index is 1560. The van der Waals surface area contributed by atoms with Crippen molar-refractivity contribution in [2.24, 2.45) is 0 Å². The Labute approximate surface area is 196 Å². The van der Waals surface area contributed by atoms with Gasteiger partial charge in [0.15, 0.2) is 0 Å². The third-order valence-electron chi connectivity index (χ3n) is 5.30. The Morgan fingerprint density at radius 1 is 1.15 bits per heavy atom. The number of aromatic amines is 1. The standard InChI is InChI=1S/C22H17ClFN9O/c1-12-6-13(16-8-14(23)2-4-18(16)33-11-27-30-31-33)7-21(34)32(12)10-20-26-9-17(28-20)15-3-5-19(25)29-22(15)24/h2-9,11H,10H2,1H3,(H2,25,29)(H,26,28). The lowest BCUT2D eigenvalue weighted by molar-refractivity contribution is 0.589. The van der Waals surface area contributed by atoms with E-state index in [1.807, 2.05) is 13.0 Å². The van der Waals surface area contributed by atoms with Crippen molar-refractivity contribution in [1.82, 2.24) is 39.7 Å². The summed E-state index contributed by atoms with van der Waals surface area (Å²) in [6, 6.07) is 11.7. The molecule has 34 heavy (non-hydrogen) atoms. The minimum Gasteiger partial charge on any atom is -0.384 e. The van der Waals surface area contributed by atoms with E-state index in [9.17, 15) is 9.18 Å². The molecule has 0 atom stereocenters. The molecule has 0 aliphatic heterocycles. The summed E-state index contributed by atoms with van der Waals surface area (Å²) in [5.41, 5.74) is 8.70. The van der Waals surface area contributed by atoms with Gasteiger partial charge in [-0.1, -0.05) is 11.6 Å². The fraction of sp³-hybridized carbons (Fsp3) is 0.0909. The smallest absolute Gasteiger partial charge is 0.251 e. The lowest BCUT2D eigenvalue weighted by Gasteiger charge is -2.13. The number of hydrogen-bond donors (Lipinski definition) is 2. The van der Waals surface area contributed by atoms with E-state index in [1.165, 1.54) is 35.4 Å². The normalized spacial score (nSPS) is 11.1. The first-order valence-electron chi connectivity index (χ1n) is 10.1. The van der Waals surface area contributed by atoms with Gasteiger partial charge in [0.1, 0.15) is 18.0 Å². The van der Waals surface area contributed by atoms with Crippen molar-refractivity contribution in [2.45, 2.75) is 13.5 Å². The highest BCUT2D eigenvalue weighted by molar-refractivity contribution is 6.31. The third-order valence-corrected chi connectivity index (χ3v) is 5.53. The summed E-state index contributed by atoms with van der Waals surface area (Å²) < 4.78 is 17.2. The number of tetrazole rings is 1. The summed E-state index contributed by atoms with van der Waals surface area (Å²) in [5, 5.41) is 11.8. The third kappa shape index (κ3) is 4.04. The number of imidazole rings is 1. The number of rotatable bonds is 5. The first-order valence-corrected chi connectivity index (χ1v) is 10.5. The van der Waals surface area contributed by atoms with Gasteiger partial charge in [0.25, 0.3) is 5.56 Å². The molecule has 0 amide bonds. The average Bonchev–Trinajstić information content (AvgIpc) is 3.48. The highest BCUT2D eigenvalue weighted by Gasteiger charge is 2.15. The van der Waals surface area contributed by atoms with Gasteiger partial charge >= 0.3 is 0 Å². The largest absolute Gasteiger partial charge is 0.384 e. The van der Waals surface area contributed by atoms with Crippen LogP contribution in [0.5, 0.6) is 0 Å². The van der Waals surface area contributed by atoms with E-state index in [0.29, 0.717) is 39.0 Å². The van der Waals surface area contributed by atoms with Gasteiger partial charge in [0, 0.05) is 22.3 Å². The maximum atomic E-state index is 14.2. The van der Waals surface area contributed by atoms with E-state index in [0.717, 1.165) is 0 Å². The molecular formula is C22H17ClFN9O. The molecule has 3 N–H and O–H groups in total. The van der Waals surface area contributed by atoms with E-state index < -0.39 is 5.95 Å². The van der Waals surface area contributed by atoms with Crippen LogP contribution in [0.2, 0.25) is 5.02 Å². The minimum absolute atomic E-state index is 0.0891. The SMILES string of the molecule is Cc1cc(-c2cc(Cl)ccc2-n2cnnn2)cc(=O)n1Cc1ncc(-c2ccc(N)nc2F)[nH]1. The van der Waals surface area contributed by atoms with Gasteiger partial charge in [0.05, 0.1) is 29.7 Å². The molecule has 4 aromatic heterocycles. The maximum Gasteiger partial charge on any atom is 0.251 e. The van der Waals surface area contributed by atoms with Gasteiger partial charge in [-0.2, -0.15) is 9.07 Å². The lowest BCUT2D eigenvalue weighted by Crippen LogP contribution is -2.23. The number of hydrogen-bond acceptors (Lipinski definition) is 7. The van der Waals surface area contributed by atoms with E-state index in [-0.39, 0.29) is 23.5 Å². The molecule has 5 rings (SSSR count). The van der Waals surface area contributed by atoms with Crippen molar-refractivity contribution < 1.29 is 4.39 Å². The summed E-state index contributed by atoms with van der Waals surface area (Å²) >= 11 is 6.22. The van der Waals surface area contributed by atoms with Gasteiger partial charge < -0.3 is 15.3 Å². The zero-order chi connectivity index (χ0) is 23.8. The summed E-state index contributed by atoms with van der Waals surface area (Å²) in [6.07, 6.45) is 2.96. The zero-order valence-corrected chi connectivity index (χ0v) is 18.5. The molecule has 0 fully saturated rings. The molecule has 12 heteroatoms. The monoisotopic (exact) mass is 477 g/mol. The number of aryl methyl sites for hydroxylation is 1. The molecule has 0 aliphatic carbocycles. The van der Waals surface area contributed by atoms with Crippen molar-refractivity contribution in [2.75, 3.05) is 5.73 Å². The van der Waals surface area contributed by atoms with Gasteiger partial charge in [-0.25, -0.2) is 9.97 Å². The Morgan fingerprint density at radius 3 is 2.74 bits per heavy atom. The second-order valence-corrected chi connectivity index (χ2v) is 7.98. The van der Waals surface area contributed by atoms with E-state index in [2.05, 4.69) is 30.5 Å². The number of halogens is 2. The summed E-state index contributed by atoms with van der Waals surface area (Å²) in [4.78, 5) is 24.0. The van der Waals surface area contributed by atoms with Crippen molar-refractivity contribution in [3.8, 4) is 28.1 Å². The van der Waals surface area contributed by atoms with Crippen LogP contribution in [0.4, 0.5) is 10.2 Å². The average molecular weight is 478 g/mol. The second-order valence-electron chi connectivity index (χ2n) is 7.54. The highest BCUT2D eigenvalue weighted by Crippen LogP contribution is 2.29. The van der Waals surface area contributed by atoms with Crippen molar-refractivity contribution in [1.29, 1.82) is 0 Å². The number of nitrogens with one attached hydrogen (secondary N) is 1. The topological polar surface area (TPSA) is 133 Å². The molecule has 4 heterocycles. The Kier molecular flexibility index (Phi) is 5.38. The molecule has 170 valence electrons. The molecule has 0 spiro atoms. The van der Waals surface area contributed by atoms with Gasteiger partial charge in [-0.3, -0.25) is 4.79 Å². The van der Waals surface area contributed by atoms with Crippen LogP contribution in [0, 0.1) is 12.9 Å². The van der Waals surface area contributed by atoms with Crippen LogP contribution in [-0.4, -0.2) is 39.7 Å².